The number of halogens is 1. The normalized spacial score (nSPS) is 20.9. The molecule has 0 bridgehead atoms. The van der Waals surface area contributed by atoms with Crippen LogP contribution >= 0.6 is 11.6 Å². The van der Waals surface area contributed by atoms with Crippen molar-refractivity contribution in [3.8, 4) is 0 Å². The van der Waals surface area contributed by atoms with Gasteiger partial charge in [0, 0.05) is 19.6 Å². The fraction of sp³-hybridized carbons (Fsp3) is 0.667. The molecule has 2 saturated heterocycles. The quantitative estimate of drug-likeness (QED) is 0.858. The molecule has 0 spiro atoms. The van der Waals surface area contributed by atoms with Crippen molar-refractivity contribution in [2.24, 2.45) is 5.92 Å². The lowest BCUT2D eigenvalue weighted by molar-refractivity contribution is 0.0666. The monoisotopic (exact) mass is 308 g/mol. The van der Waals surface area contributed by atoms with E-state index in [4.69, 9.17) is 11.6 Å². The molecular formula is C15H21ClN4O. The average Bonchev–Trinajstić information content (AvgIpc) is 3.00. The molecule has 0 aliphatic carbocycles. The maximum atomic E-state index is 12.4. The van der Waals surface area contributed by atoms with Gasteiger partial charge in [0.25, 0.3) is 5.91 Å². The lowest BCUT2D eigenvalue weighted by Gasteiger charge is -2.33. The van der Waals surface area contributed by atoms with E-state index in [1.807, 2.05) is 4.90 Å². The molecule has 0 aromatic carbocycles. The molecule has 114 valence electrons. The summed E-state index contributed by atoms with van der Waals surface area (Å²) < 4.78 is 0. The molecule has 1 aromatic heterocycles. The van der Waals surface area contributed by atoms with Gasteiger partial charge in [-0.15, -0.1) is 0 Å². The lowest BCUT2D eigenvalue weighted by atomic mass is 9.96. The second-order valence-electron chi connectivity index (χ2n) is 5.97. The zero-order valence-corrected chi connectivity index (χ0v) is 12.9. The van der Waals surface area contributed by atoms with Crippen LogP contribution in [0.25, 0.3) is 0 Å². The number of amides is 1. The van der Waals surface area contributed by atoms with Crippen molar-refractivity contribution in [3.05, 3.63) is 23.2 Å². The van der Waals surface area contributed by atoms with Crippen molar-refractivity contribution < 1.29 is 4.79 Å². The van der Waals surface area contributed by atoms with Gasteiger partial charge in [-0.1, -0.05) is 11.6 Å². The molecule has 3 rings (SSSR count). The summed E-state index contributed by atoms with van der Waals surface area (Å²) in [5.74, 6) is 0.669. The highest BCUT2D eigenvalue weighted by atomic mass is 35.5. The standard InChI is InChI=1S/C15H21ClN4O/c16-14-10-17-9-13(18-14)15(21)20-7-3-12(4-8-20)11-19-5-1-2-6-19/h9-10,12H,1-8,11H2. The van der Waals surface area contributed by atoms with Crippen molar-refractivity contribution >= 4 is 17.5 Å². The van der Waals surface area contributed by atoms with Crippen LogP contribution in [0.5, 0.6) is 0 Å². The fourth-order valence-electron chi connectivity index (χ4n) is 3.26. The van der Waals surface area contributed by atoms with Gasteiger partial charge in [-0.3, -0.25) is 9.78 Å². The highest BCUT2D eigenvalue weighted by molar-refractivity contribution is 6.29. The zero-order chi connectivity index (χ0) is 14.7. The second-order valence-corrected chi connectivity index (χ2v) is 6.36. The van der Waals surface area contributed by atoms with Crippen molar-refractivity contribution in [2.45, 2.75) is 25.7 Å². The Balaban J connectivity index is 1.52. The van der Waals surface area contributed by atoms with Crippen LogP contribution in [0, 0.1) is 5.92 Å². The van der Waals surface area contributed by atoms with Crippen molar-refractivity contribution in [1.29, 1.82) is 0 Å². The molecule has 1 aromatic rings. The molecule has 0 N–H and O–H groups in total. The van der Waals surface area contributed by atoms with Crippen LogP contribution in [0.2, 0.25) is 5.15 Å². The third-order valence-corrected chi connectivity index (χ3v) is 4.62. The summed E-state index contributed by atoms with van der Waals surface area (Å²) in [7, 11) is 0. The summed E-state index contributed by atoms with van der Waals surface area (Å²) in [4.78, 5) is 24.8. The van der Waals surface area contributed by atoms with E-state index in [0.29, 0.717) is 5.69 Å². The second kappa shape index (κ2) is 6.71. The van der Waals surface area contributed by atoms with Crippen molar-refractivity contribution in [2.75, 3.05) is 32.7 Å². The van der Waals surface area contributed by atoms with E-state index in [-0.39, 0.29) is 11.1 Å². The number of nitrogens with zero attached hydrogens (tertiary/aromatic N) is 4. The smallest absolute Gasteiger partial charge is 0.274 e. The molecule has 2 fully saturated rings. The van der Waals surface area contributed by atoms with Gasteiger partial charge in [-0.05, 0) is 44.7 Å². The Morgan fingerprint density at radius 3 is 2.57 bits per heavy atom. The Morgan fingerprint density at radius 2 is 1.90 bits per heavy atom. The predicted molar refractivity (Wildman–Crippen MR) is 81.3 cm³/mol. The molecule has 3 heterocycles. The Bertz CT molecular complexity index is 496. The van der Waals surface area contributed by atoms with Gasteiger partial charge in [0.2, 0.25) is 0 Å². The van der Waals surface area contributed by atoms with E-state index < -0.39 is 0 Å². The van der Waals surface area contributed by atoms with Crippen LogP contribution in [0.1, 0.15) is 36.2 Å². The molecule has 2 aliphatic heterocycles. The third-order valence-electron chi connectivity index (χ3n) is 4.44. The predicted octanol–water partition coefficient (Wildman–Crippen LogP) is 2.08. The summed E-state index contributed by atoms with van der Waals surface area (Å²) in [5, 5.41) is 0.268. The third kappa shape index (κ3) is 3.71. The van der Waals surface area contributed by atoms with Crippen LogP contribution in [-0.2, 0) is 0 Å². The first-order valence-corrected chi connectivity index (χ1v) is 8.09. The van der Waals surface area contributed by atoms with Crippen LogP contribution < -0.4 is 0 Å². The highest BCUT2D eigenvalue weighted by Crippen LogP contribution is 2.21. The number of piperidine rings is 1. The molecule has 5 nitrogen and oxygen atoms in total. The molecule has 0 atom stereocenters. The fourth-order valence-corrected chi connectivity index (χ4v) is 3.40. The zero-order valence-electron chi connectivity index (χ0n) is 12.2. The van der Waals surface area contributed by atoms with Gasteiger partial charge in [0.05, 0.1) is 12.4 Å². The van der Waals surface area contributed by atoms with Gasteiger partial charge in [-0.25, -0.2) is 4.98 Å². The Kier molecular flexibility index (Phi) is 4.70. The van der Waals surface area contributed by atoms with Crippen molar-refractivity contribution in [3.63, 3.8) is 0 Å². The van der Waals surface area contributed by atoms with E-state index in [2.05, 4.69) is 14.9 Å². The number of hydrogen-bond donors (Lipinski definition) is 0. The summed E-state index contributed by atoms with van der Waals surface area (Å²) in [6.07, 6.45) is 7.77. The summed E-state index contributed by atoms with van der Waals surface area (Å²) in [6.45, 7) is 5.31. The van der Waals surface area contributed by atoms with Gasteiger partial charge >= 0.3 is 0 Å². The van der Waals surface area contributed by atoms with E-state index in [1.54, 1.807) is 0 Å². The number of likely N-dealkylation sites (tertiary alicyclic amines) is 2. The Labute approximate surface area is 130 Å². The first-order chi connectivity index (χ1) is 10.2. The van der Waals surface area contributed by atoms with E-state index in [0.717, 1.165) is 31.8 Å². The molecular weight excluding hydrogens is 288 g/mol. The van der Waals surface area contributed by atoms with Gasteiger partial charge < -0.3 is 9.80 Å². The highest BCUT2D eigenvalue weighted by Gasteiger charge is 2.26. The first-order valence-electron chi connectivity index (χ1n) is 7.71. The number of aromatic nitrogens is 2. The summed E-state index contributed by atoms with van der Waals surface area (Å²) >= 11 is 5.80. The topological polar surface area (TPSA) is 49.3 Å². The minimum absolute atomic E-state index is 0.0513. The summed E-state index contributed by atoms with van der Waals surface area (Å²) in [6, 6.07) is 0. The first kappa shape index (κ1) is 14.7. The average molecular weight is 309 g/mol. The molecule has 1 amide bonds. The number of rotatable bonds is 3. The van der Waals surface area contributed by atoms with E-state index in [9.17, 15) is 4.79 Å². The largest absolute Gasteiger partial charge is 0.337 e. The van der Waals surface area contributed by atoms with Crippen molar-refractivity contribution in [1.82, 2.24) is 19.8 Å². The van der Waals surface area contributed by atoms with Gasteiger partial charge in [0.15, 0.2) is 0 Å². The Hall–Kier alpha value is -1.20. The lowest BCUT2D eigenvalue weighted by Crippen LogP contribution is -2.41. The maximum Gasteiger partial charge on any atom is 0.274 e. The number of carbonyl (C=O) groups is 1. The minimum Gasteiger partial charge on any atom is -0.337 e. The van der Waals surface area contributed by atoms with Crippen LogP contribution in [0.15, 0.2) is 12.4 Å². The molecule has 0 unspecified atom stereocenters. The van der Waals surface area contributed by atoms with E-state index >= 15 is 0 Å². The van der Waals surface area contributed by atoms with Crippen LogP contribution in [0.4, 0.5) is 0 Å². The minimum atomic E-state index is -0.0513. The molecule has 21 heavy (non-hydrogen) atoms. The molecule has 0 saturated carbocycles. The van der Waals surface area contributed by atoms with Gasteiger partial charge in [0.1, 0.15) is 10.8 Å². The SMILES string of the molecule is O=C(c1cncc(Cl)n1)N1CCC(CN2CCCC2)CC1. The van der Waals surface area contributed by atoms with Gasteiger partial charge in [-0.2, -0.15) is 0 Å². The number of hydrogen-bond acceptors (Lipinski definition) is 4. The number of carbonyl (C=O) groups excluding carboxylic acids is 1. The van der Waals surface area contributed by atoms with Crippen LogP contribution in [-0.4, -0.2) is 58.4 Å². The molecule has 0 radical (unpaired) electrons. The summed E-state index contributed by atoms with van der Waals surface area (Å²) in [5.41, 5.74) is 0.348. The molecule has 6 heteroatoms. The Morgan fingerprint density at radius 1 is 1.19 bits per heavy atom. The maximum absolute atomic E-state index is 12.4. The van der Waals surface area contributed by atoms with Crippen LogP contribution in [0.3, 0.4) is 0 Å². The van der Waals surface area contributed by atoms with E-state index in [1.165, 1.54) is 44.9 Å². The molecule has 2 aliphatic rings.